The molecule has 2 amide bonds. The number of carbonyl (C=O) groups is 2. The Morgan fingerprint density at radius 2 is 1.84 bits per heavy atom. The predicted molar refractivity (Wildman–Crippen MR) is 97.0 cm³/mol. The molecular weight excluding hydrogens is 316 g/mol. The highest BCUT2D eigenvalue weighted by atomic mass is 16.2. The summed E-state index contributed by atoms with van der Waals surface area (Å²) in [4.78, 5) is 27.8. The lowest BCUT2D eigenvalue weighted by Crippen LogP contribution is -2.30. The lowest BCUT2D eigenvalue weighted by Gasteiger charge is -2.15. The standard InChI is InChI=1S/C19H20N4O2/c1-13(23-12-21-17-5-3-4-6-18(17)23)19(25)20-11-15-7-9-16(10-8-15)22-14(2)24/h3-10,12-13H,11H2,1-2H3,(H,20,25)(H,22,24)/t13-/m1/s1. The third-order valence-electron chi connectivity index (χ3n) is 4.02. The van der Waals surface area contributed by atoms with Gasteiger partial charge in [0.1, 0.15) is 6.04 Å². The highest BCUT2D eigenvalue weighted by Gasteiger charge is 2.16. The van der Waals surface area contributed by atoms with E-state index >= 15 is 0 Å². The first-order valence-electron chi connectivity index (χ1n) is 8.10. The summed E-state index contributed by atoms with van der Waals surface area (Å²) in [5.74, 6) is -0.184. The maximum absolute atomic E-state index is 12.5. The number of carbonyl (C=O) groups excluding carboxylic acids is 2. The quantitative estimate of drug-likeness (QED) is 0.752. The summed E-state index contributed by atoms with van der Waals surface area (Å²) in [7, 11) is 0. The lowest BCUT2D eigenvalue weighted by atomic mass is 10.2. The molecule has 2 N–H and O–H groups in total. The van der Waals surface area contributed by atoms with Crippen LogP contribution in [0.25, 0.3) is 11.0 Å². The topological polar surface area (TPSA) is 76.0 Å². The van der Waals surface area contributed by atoms with E-state index in [4.69, 9.17) is 0 Å². The first kappa shape index (κ1) is 16.7. The van der Waals surface area contributed by atoms with E-state index in [1.807, 2.05) is 60.0 Å². The van der Waals surface area contributed by atoms with Gasteiger partial charge in [-0.2, -0.15) is 0 Å². The maximum Gasteiger partial charge on any atom is 0.243 e. The van der Waals surface area contributed by atoms with Crippen LogP contribution in [0.5, 0.6) is 0 Å². The molecule has 1 aromatic heterocycles. The van der Waals surface area contributed by atoms with Crippen molar-refractivity contribution in [1.29, 1.82) is 0 Å². The van der Waals surface area contributed by atoms with Gasteiger partial charge in [0.2, 0.25) is 11.8 Å². The van der Waals surface area contributed by atoms with E-state index in [1.165, 1.54) is 6.92 Å². The van der Waals surface area contributed by atoms with Crippen LogP contribution in [0.4, 0.5) is 5.69 Å². The summed E-state index contributed by atoms with van der Waals surface area (Å²) in [6.45, 7) is 3.74. The largest absolute Gasteiger partial charge is 0.350 e. The van der Waals surface area contributed by atoms with Crippen molar-refractivity contribution in [2.24, 2.45) is 0 Å². The van der Waals surface area contributed by atoms with Gasteiger partial charge in [0.15, 0.2) is 0 Å². The molecule has 0 aliphatic heterocycles. The summed E-state index contributed by atoms with van der Waals surface area (Å²) < 4.78 is 1.87. The van der Waals surface area contributed by atoms with Gasteiger partial charge in [-0.3, -0.25) is 9.59 Å². The van der Waals surface area contributed by atoms with Crippen molar-refractivity contribution in [2.45, 2.75) is 26.4 Å². The van der Waals surface area contributed by atoms with Crippen LogP contribution in [-0.2, 0) is 16.1 Å². The third-order valence-corrected chi connectivity index (χ3v) is 4.02. The van der Waals surface area contributed by atoms with Gasteiger partial charge in [-0.25, -0.2) is 4.98 Å². The van der Waals surface area contributed by atoms with E-state index in [2.05, 4.69) is 15.6 Å². The van der Waals surface area contributed by atoms with Crippen LogP contribution in [0, 0.1) is 0 Å². The number of hydrogen-bond donors (Lipinski definition) is 2. The number of imidazole rings is 1. The molecule has 1 atom stereocenters. The van der Waals surface area contributed by atoms with Crippen molar-refractivity contribution in [3.05, 3.63) is 60.4 Å². The molecule has 0 fully saturated rings. The number of nitrogens with one attached hydrogen (secondary N) is 2. The minimum Gasteiger partial charge on any atom is -0.350 e. The normalized spacial score (nSPS) is 11.9. The molecule has 6 heteroatoms. The number of amides is 2. The van der Waals surface area contributed by atoms with Crippen LogP contribution in [0.3, 0.4) is 0 Å². The Morgan fingerprint density at radius 3 is 2.56 bits per heavy atom. The van der Waals surface area contributed by atoms with Crippen molar-refractivity contribution in [3.8, 4) is 0 Å². The molecule has 0 bridgehead atoms. The predicted octanol–water partition coefficient (Wildman–Crippen LogP) is 2.87. The molecule has 0 saturated heterocycles. The number of benzene rings is 2. The van der Waals surface area contributed by atoms with Gasteiger partial charge < -0.3 is 15.2 Å². The Kier molecular flexibility index (Phi) is 4.79. The van der Waals surface area contributed by atoms with Crippen molar-refractivity contribution in [2.75, 3.05) is 5.32 Å². The first-order chi connectivity index (χ1) is 12.0. The molecular formula is C19H20N4O2. The Balaban J connectivity index is 1.63. The van der Waals surface area contributed by atoms with E-state index in [1.54, 1.807) is 6.33 Å². The maximum atomic E-state index is 12.5. The summed E-state index contributed by atoms with van der Waals surface area (Å²) in [5, 5.41) is 5.65. The minimum atomic E-state index is -0.356. The number of para-hydroxylation sites is 2. The average Bonchev–Trinajstić information content (AvgIpc) is 3.04. The molecule has 3 rings (SSSR count). The number of aromatic nitrogens is 2. The van der Waals surface area contributed by atoms with Crippen LogP contribution in [0.1, 0.15) is 25.5 Å². The zero-order valence-corrected chi connectivity index (χ0v) is 14.2. The van der Waals surface area contributed by atoms with Gasteiger partial charge in [0.25, 0.3) is 0 Å². The monoisotopic (exact) mass is 336 g/mol. The zero-order chi connectivity index (χ0) is 17.8. The van der Waals surface area contributed by atoms with E-state index < -0.39 is 0 Å². The van der Waals surface area contributed by atoms with Crippen molar-refractivity contribution < 1.29 is 9.59 Å². The second-order valence-corrected chi connectivity index (χ2v) is 5.91. The highest BCUT2D eigenvalue weighted by molar-refractivity contribution is 5.88. The molecule has 2 aromatic carbocycles. The smallest absolute Gasteiger partial charge is 0.243 e. The van der Waals surface area contributed by atoms with Crippen LogP contribution in [0.2, 0.25) is 0 Å². The fourth-order valence-electron chi connectivity index (χ4n) is 2.66. The second-order valence-electron chi connectivity index (χ2n) is 5.91. The Morgan fingerprint density at radius 1 is 1.12 bits per heavy atom. The van der Waals surface area contributed by atoms with Crippen molar-refractivity contribution in [1.82, 2.24) is 14.9 Å². The SMILES string of the molecule is CC(=O)Nc1ccc(CNC(=O)[C@@H](C)n2cnc3ccccc32)cc1. The molecule has 0 saturated carbocycles. The van der Waals surface area contributed by atoms with E-state index in [0.29, 0.717) is 6.54 Å². The molecule has 0 radical (unpaired) electrons. The average molecular weight is 336 g/mol. The lowest BCUT2D eigenvalue weighted by molar-refractivity contribution is -0.124. The van der Waals surface area contributed by atoms with E-state index in [9.17, 15) is 9.59 Å². The molecule has 0 aliphatic carbocycles. The number of anilines is 1. The first-order valence-corrected chi connectivity index (χ1v) is 8.10. The Bertz CT molecular complexity index is 899. The molecule has 25 heavy (non-hydrogen) atoms. The summed E-state index contributed by atoms with van der Waals surface area (Å²) in [6.07, 6.45) is 1.69. The van der Waals surface area contributed by atoms with Crippen LogP contribution >= 0.6 is 0 Å². The van der Waals surface area contributed by atoms with E-state index in [0.717, 1.165) is 22.3 Å². The molecule has 0 aliphatic rings. The Hall–Kier alpha value is -3.15. The zero-order valence-electron chi connectivity index (χ0n) is 14.2. The molecule has 3 aromatic rings. The van der Waals surface area contributed by atoms with Gasteiger partial charge in [-0.1, -0.05) is 24.3 Å². The minimum absolute atomic E-state index is 0.0749. The van der Waals surface area contributed by atoms with Gasteiger partial charge in [-0.15, -0.1) is 0 Å². The van der Waals surface area contributed by atoms with Crippen LogP contribution < -0.4 is 10.6 Å². The molecule has 6 nitrogen and oxygen atoms in total. The summed E-state index contributed by atoms with van der Waals surface area (Å²) in [6, 6.07) is 14.8. The van der Waals surface area contributed by atoms with Crippen LogP contribution in [0.15, 0.2) is 54.9 Å². The number of hydrogen-bond acceptors (Lipinski definition) is 3. The fourth-order valence-corrected chi connectivity index (χ4v) is 2.66. The van der Waals surface area contributed by atoms with Crippen molar-refractivity contribution in [3.63, 3.8) is 0 Å². The van der Waals surface area contributed by atoms with Gasteiger partial charge in [0.05, 0.1) is 17.4 Å². The van der Waals surface area contributed by atoms with Gasteiger partial charge >= 0.3 is 0 Å². The van der Waals surface area contributed by atoms with Crippen molar-refractivity contribution >= 4 is 28.5 Å². The molecule has 1 heterocycles. The molecule has 0 unspecified atom stereocenters. The molecule has 128 valence electrons. The highest BCUT2D eigenvalue weighted by Crippen LogP contribution is 2.17. The Labute approximate surface area is 145 Å². The van der Waals surface area contributed by atoms with Gasteiger partial charge in [-0.05, 0) is 36.8 Å². The van der Waals surface area contributed by atoms with E-state index in [-0.39, 0.29) is 17.9 Å². The fraction of sp³-hybridized carbons (Fsp3) is 0.211. The van der Waals surface area contributed by atoms with Gasteiger partial charge in [0, 0.05) is 19.2 Å². The third kappa shape index (κ3) is 3.85. The van der Waals surface area contributed by atoms with Crippen LogP contribution in [-0.4, -0.2) is 21.4 Å². The number of nitrogens with zero attached hydrogens (tertiary/aromatic N) is 2. The number of rotatable bonds is 5. The second kappa shape index (κ2) is 7.17. The summed E-state index contributed by atoms with van der Waals surface area (Å²) >= 11 is 0. The number of fused-ring (bicyclic) bond motifs is 1. The molecule has 0 spiro atoms. The summed E-state index contributed by atoms with van der Waals surface area (Å²) in [5.41, 5.74) is 3.51.